The molecule has 0 spiro atoms. The van der Waals surface area contributed by atoms with Gasteiger partial charge in [-0.05, 0) is 41.8 Å². The first kappa shape index (κ1) is 33.0. The molecule has 0 saturated heterocycles. The van der Waals surface area contributed by atoms with Gasteiger partial charge in [0, 0.05) is 35.6 Å². The summed E-state index contributed by atoms with van der Waals surface area (Å²) in [6.07, 6.45) is 1.89. The minimum Gasteiger partial charge on any atom is -0.497 e. The molecule has 12 heteroatoms. The van der Waals surface area contributed by atoms with Crippen molar-refractivity contribution in [3.8, 4) is 11.5 Å². The van der Waals surface area contributed by atoms with Crippen molar-refractivity contribution in [2.24, 2.45) is 0 Å². The molecular weight excluding hydrogens is 601 g/mol. The third kappa shape index (κ3) is 8.77. The van der Waals surface area contributed by atoms with Crippen LogP contribution in [0.5, 0.6) is 11.5 Å². The van der Waals surface area contributed by atoms with Gasteiger partial charge in [0.05, 0.1) is 26.2 Å². The van der Waals surface area contributed by atoms with Crippen LogP contribution in [-0.2, 0) is 32.6 Å². The molecule has 0 aliphatic heterocycles. The van der Waals surface area contributed by atoms with Crippen LogP contribution in [0.1, 0.15) is 24.5 Å². The summed E-state index contributed by atoms with van der Waals surface area (Å²) in [5.41, 5.74) is 1.52. The molecule has 0 heterocycles. The fourth-order valence-electron chi connectivity index (χ4n) is 4.34. The number of carbonyl (C=O) groups excluding carboxylic acids is 2. The van der Waals surface area contributed by atoms with Crippen molar-refractivity contribution in [3.05, 3.63) is 87.9 Å². The lowest BCUT2D eigenvalue weighted by atomic mass is 10.0. The Morgan fingerprint density at radius 3 is 2.29 bits per heavy atom. The summed E-state index contributed by atoms with van der Waals surface area (Å²) in [5, 5.41) is 3.62. The number of sulfonamides is 1. The molecule has 42 heavy (non-hydrogen) atoms. The Morgan fingerprint density at radius 2 is 1.69 bits per heavy atom. The van der Waals surface area contributed by atoms with Gasteiger partial charge >= 0.3 is 0 Å². The summed E-state index contributed by atoms with van der Waals surface area (Å²) in [6.45, 7) is 1.67. The Labute approximate surface area is 257 Å². The zero-order chi connectivity index (χ0) is 30.9. The number of nitrogens with one attached hydrogen (secondary N) is 1. The number of anilines is 1. The van der Waals surface area contributed by atoms with Crippen molar-refractivity contribution in [2.75, 3.05) is 37.9 Å². The molecule has 0 fully saturated rings. The molecule has 2 amide bonds. The van der Waals surface area contributed by atoms with Gasteiger partial charge in [-0.1, -0.05) is 66.5 Å². The fourth-order valence-corrected chi connectivity index (χ4v) is 5.66. The Hall–Kier alpha value is -3.47. The quantitative estimate of drug-likeness (QED) is 0.269. The maximum Gasteiger partial charge on any atom is 0.244 e. The highest BCUT2D eigenvalue weighted by Gasteiger charge is 2.34. The first-order valence-electron chi connectivity index (χ1n) is 13.2. The van der Waals surface area contributed by atoms with Crippen molar-refractivity contribution in [2.45, 2.75) is 32.4 Å². The van der Waals surface area contributed by atoms with E-state index in [-0.39, 0.29) is 30.3 Å². The number of hydrogen-bond acceptors (Lipinski definition) is 6. The van der Waals surface area contributed by atoms with Crippen molar-refractivity contribution in [1.29, 1.82) is 0 Å². The summed E-state index contributed by atoms with van der Waals surface area (Å²) < 4.78 is 37.7. The molecule has 1 unspecified atom stereocenters. The molecule has 1 N–H and O–H groups in total. The highest BCUT2D eigenvalue weighted by molar-refractivity contribution is 7.92. The van der Waals surface area contributed by atoms with Crippen LogP contribution in [0.2, 0.25) is 10.0 Å². The van der Waals surface area contributed by atoms with E-state index in [1.807, 2.05) is 37.3 Å². The Bertz CT molecular complexity index is 1490. The van der Waals surface area contributed by atoms with Gasteiger partial charge in [-0.15, -0.1) is 0 Å². The first-order valence-corrected chi connectivity index (χ1v) is 15.8. The Balaban J connectivity index is 2.11. The maximum atomic E-state index is 14.2. The number of amides is 2. The molecule has 3 aromatic rings. The lowest BCUT2D eigenvalue weighted by Crippen LogP contribution is -2.53. The number of carbonyl (C=O) groups is 2. The predicted molar refractivity (Wildman–Crippen MR) is 166 cm³/mol. The van der Waals surface area contributed by atoms with Crippen LogP contribution in [0, 0.1) is 0 Å². The van der Waals surface area contributed by atoms with Crippen LogP contribution in [-0.4, -0.2) is 64.7 Å². The molecule has 0 aliphatic carbocycles. The topological polar surface area (TPSA) is 105 Å². The number of methoxy groups -OCH3 is 2. The fraction of sp³-hybridized carbons (Fsp3) is 0.333. The van der Waals surface area contributed by atoms with Crippen molar-refractivity contribution in [1.82, 2.24) is 10.2 Å². The SMILES string of the molecule is CCCNC(=O)C(Cc1ccccc1)N(Cc1ccc(Cl)cc1Cl)C(=O)CN(c1ccc(OC)cc1OC)S(C)(=O)=O. The number of benzene rings is 3. The molecule has 0 saturated carbocycles. The number of nitrogens with zero attached hydrogens (tertiary/aromatic N) is 2. The van der Waals surface area contributed by atoms with Crippen LogP contribution in [0.3, 0.4) is 0 Å². The minimum absolute atomic E-state index is 0.0662. The minimum atomic E-state index is -3.98. The summed E-state index contributed by atoms with van der Waals surface area (Å²) in [4.78, 5) is 29.1. The van der Waals surface area contributed by atoms with E-state index < -0.39 is 28.5 Å². The summed E-state index contributed by atoms with van der Waals surface area (Å²) in [6, 6.07) is 17.8. The van der Waals surface area contributed by atoms with E-state index in [1.54, 1.807) is 24.3 Å². The highest BCUT2D eigenvalue weighted by atomic mass is 35.5. The lowest BCUT2D eigenvalue weighted by Gasteiger charge is -2.34. The average molecular weight is 637 g/mol. The maximum absolute atomic E-state index is 14.2. The zero-order valence-corrected chi connectivity index (χ0v) is 26.3. The van der Waals surface area contributed by atoms with E-state index >= 15 is 0 Å². The standard InChI is InChI=1S/C30H35Cl2N3O6S/c1-5-15-33-30(37)27(16-21-9-7-6-8-10-21)34(19-22-11-12-23(31)17-25(22)32)29(36)20-35(42(4,38)39)26-14-13-24(40-2)18-28(26)41-3/h6-14,17-18,27H,5,15-16,19-20H2,1-4H3,(H,33,37). The van der Waals surface area contributed by atoms with Crippen LogP contribution in [0.25, 0.3) is 0 Å². The van der Waals surface area contributed by atoms with Gasteiger partial charge in [0.25, 0.3) is 0 Å². The third-order valence-corrected chi connectivity index (χ3v) is 8.22. The molecule has 226 valence electrons. The van der Waals surface area contributed by atoms with Gasteiger partial charge in [-0.25, -0.2) is 8.42 Å². The van der Waals surface area contributed by atoms with Gasteiger partial charge < -0.3 is 19.7 Å². The molecule has 3 aromatic carbocycles. The second-order valence-corrected chi connectivity index (χ2v) is 12.3. The van der Waals surface area contributed by atoms with E-state index in [4.69, 9.17) is 32.7 Å². The van der Waals surface area contributed by atoms with E-state index in [2.05, 4.69) is 5.32 Å². The second kappa shape index (κ2) is 15.1. The van der Waals surface area contributed by atoms with Crippen molar-refractivity contribution in [3.63, 3.8) is 0 Å². The molecular formula is C30H35Cl2N3O6S. The predicted octanol–water partition coefficient (Wildman–Crippen LogP) is 4.94. The van der Waals surface area contributed by atoms with E-state index in [0.29, 0.717) is 34.3 Å². The molecule has 0 aliphatic rings. The van der Waals surface area contributed by atoms with E-state index in [0.717, 1.165) is 16.1 Å². The number of halogens is 2. The molecule has 0 bridgehead atoms. The number of hydrogen-bond donors (Lipinski definition) is 1. The molecule has 0 radical (unpaired) electrons. The lowest BCUT2D eigenvalue weighted by molar-refractivity contribution is -0.140. The summed E-state index contributed by atoms with van der Waals surface area (Å²) in [5.74, 6) is -0.338. The number of ether oxygens (including phenoxy) is 2. The molecule has 0 aromatic heterocycles. The normalized spacial score (nSPS) is 11.9. The van der Waals surface area contributed by atoms with Crippen LogP contribution < -0.4 is 19.1 Å². The van der Waals surface area contributed by atoms with Crippen molar-refractivity contribution < 1.29 is 27.5 Å². The van der Waals surface area contributed by atoms with E-state index in [9.17, 15) is 18.0 Å². The molecule has 1 atom stereocenters. The van der Waals surface area contributed by atoms with Crippen LogP contribution >= 0.6 is 23.2 Å². The van der Waals surface area contributed by atoms with Gasteiger partial charge in [0.1, 0.15) is 24.1 Å². The monoisotopic (exact) mass is 635 g/mol. The molecule has 3 rings (SSSR count). The van der Waals surface area contributed by atoms with Gasteiger partial charge in [-0.2, -0.15) is 0 Å². The van der Waals surface area contributed by atoms with Crippen molar-refractivity contribution >= 4 is 50.7 Å². The van der Waals surface area contributed by atoms with Gasteiger partial charge in [-0.3, -0.25) is 13.9 Å². The van der Waals surface area contributed by atoms with Crippen LogP contribution in [0.15, 0.2) is 66.7 Å². The molecule has 9 nitrogen and oxygen atoms in total. The largest absolute Gasteiger partial charge is 0.497 e. The summed E-state index contributed by atoms with van der Waals surface area (Å²) >= 11 is 12.6. The van der Waals surface area contributed by atoms with Gasteiger partial charge in [0.15, 0.2) is 0 Å². The first-order chi connectivity index (χ1) is 20.0. The highest BCUT2D eigenvalue weighted by Crippen LogP contribution is 2.34. The Kier molecular flexibility index (Phi) is 11.9. The summed E-state index contributed by atoms with van der Waals surface area (Å²) in [7, 11) is -1.12. The van der Waals surface area contributed by atoms with Gasteiger partial charge in [0.2, 0.25) is 21.8 Å². The number of rotatable bonds is 14. The van der Waals surface area contributed by atoms with Crippen LogP contribution in [0.4, 0.5) is 5.69 Å². The second-order valence-electron chi connectivity index (χ2n) is 9.56. The third-order valence-electron chi connectivity index (χ3n) is 6.51. The smallest absolute Gasteiger partial charge is 0.244 e. The average Bonchev–Trinajstić information content (AvgIpc) is 2.96. The zero-order valence-electron chi connectivity index (χ0n) is 24.0. The Morgan fingerprint density at radius 1 is 0.976 bits per heavy atom. The van der Waals surface area contributed by atoms with E-state index in [1.165, 1.54) is 31.3 Å².